The molecule has 24 heavy (non-hydrogen) atoms. The molecule has 0 radical (unpaired) electrons. The summed E-state index contributed by atoms with van der Waals surface area (Å²) in [5, 5.41) is 2.69. The van der Waals surface area contributed by atoms with Gasteiger partial charge >= 0.3 is 0 Å². The van der Waals surface area contributed by atoms with Gasteiger partial charge in [-0.1, -0.05) is 11.6 Å². The summed E-state index contributed by atoms with van der Waals surface area (Å²) in [6.07, 6.45) is 0.591. The van der Waals surface area contributed by atoms with Crippen LogP contribution in [0.1, 0.15) is 16.8 Å². The number of anilines is 2. The second kappa shape index (κ2) is 6.41. The third kappa shape index (κ3) is 3.37. The Morgan fingerprint density at radius 2 is 1.88 bits per heavy atom. The van der Waals surface area contributed by atoms with Crippen LogP contribution in [0.5, 0.6) is 0 Å². The number of sulfonamides is 1. The van der Waals surface area contributed by atoms with E-state index >= 15 is 0 Å². The van der Waals surface area contributed by atoms with Crippen LogP contribution in [0.15, 0.2) is 42.5 Å². The number of halogens is 2. The van der Waals surface area contributed by atoms with Crippen LogP contribution in [-0.2, 0) is 10.0 Å². The van der Waals surface area contributed by atoms with Crippen LogP contribution in [0.2, 0.25) is 5.02 Å². The van der Waals surface area contributed by atoms with Crippen LogP contribution in [0, 0.1) is 5.82 Å². The number of carbonyl (C=O) groups excluding carboxylic acids is 1. The van der Waals surface area contributed by atoms with Gasteiger partial charge in [0.05, 0.1) is 22.2 Å². The molecule has 2 aromatic carbocycles. The van der Waals surface area contributed by atoms with E-state index in [1.165, 1.54) is 28.6 Å². The molecule has 0 spiro atoms. The van der Waals surface area contributed by atoms with E-state index in [4.69, 9.17) is 11.6 Å². The summed E-state index contributed by atoms with van der Waals surface area (Å²) in [6.45, 7) is 0.444. The molecule has 0 aromatic heterocycles. The van der Waals surface area contributed by atoms with Gasteiger partial charge in [-0.25, -0.2) is 12.8 Å². The van der Waals surface area contributed by atoms with Gasteiger partial charge in [0.15, 0.2) is 0 Å². The quantitative estimate of drug-likeness (QED) is 0.904. The molecular weight excluding hydrogens is 355 g/mol. The highest BCUT2D eigenvalue weighted by molar-refractivity contribution is 7.93. The van der Waals surface area contributed by atoms with Crippen molar-refractivity contribution in [2.24, 2.45) is 0 Å². The van der Waals surface area contributed by atoms with E-state index in [1.54, 1.807) is 12.1 Å². The van der Waals surface area contributed by atoms with Crippen LogP contribution in [0.3, 0.4) is 0 Å². The molecule has 8 heteroatoms. The molecule has 1 N–H and O–H groups in total. The zero-order chi connectivity index (χ0) is 17.3. The van der Waals surface area contributed by atoms with Crippen molar-refractivity contribution in [3.05, 3.63) is 58.9 Å². The fourth-order valence-electron chi connectivity index (χ4n) is 2.49. The van der Waals surface area contributed by atoms with Crippen molar-refractivity contribution >= 4 is 38.9 Å². The summed E-state index contributed by atoms with van der Waals surface area (Å²) >= 11 is 5.88. The van der Waals surface area contributed by atoms with E-state index in [2.05, 4.69) is 5.32 Å². The molecule has 1 amide bonds. The van der Waals surface area contributed by atoms with Crippen LogP contribution in [0.25, 0.3) is 0 Å². The molecule has 1 aliphatic rings. The average molecular weight is 369 g/mol. The number of hydrogen-bond acceptors (Lipinski definition) is 3. The smallest absolute Gasteiger partial charge is 0.255 e. The van der Waals surface area contributed by atoms with Crippen LogP contribution in [-0.4, -0.2) is 26.6 Å². The Balaban J connectivity index is 1.77. The molecule has 1 saturated heterocycles. The fourth-order valence-corrected chi connectivity index (χ4v) is 4.27. The monoisotopic (exact) mass is 368 g/mol. The number of amides is 1. The number of nitrogens with one attached hydrogen (secondary N) is 1. The maximum Gasteiger partial charge on any atom is 0.255 e. The second-order valence-electron chi connectivity index (χ2n) is 5.37. The van der Waals surface area contributed by atoms with Gasteiger partial charge in [0.25, 0.3) is 5.91 Å². The Bertz CT molecular complexity index is 885. The largest absolute Gasteiger partial charge is 0.321 e. The molecule has 2 aromatic rings. The summed E-state index contributed by atoms with van der Waals surface area (Å²) in [5.74, 6) is -0.772. The molecule has 0 atom stereocenters. The summed E-state index contributed by atoms with van der Waals surface area (Å²) in [5.41, 5.74) is 1.17. The van der Waals surface area contributed by atoms with E-state index < -0.39 is 21.7 Å². The summed E-state index contributed by atoms with van der Waals surface area (Å²) < 4.78 is 38.1. The zero-order valence-corrected chi connectivity index (χ0v) is 14.1. The third-order valence-corrected chi connectivity index (χ3v) is 5.88. The van der Waals surface area contributed by atoms with Crippen molar-refractivity contribution in [1.29, 1.82) is 0 Å². The Morgan fingerprint density at radius 1 is 1.17 bits per heavy atom. The van der Waals surface area contributed by atoms with Crippen LogP contribution >= 0.6 is 11.6 Å². The topological polar surface area (TPSA) is 66.5 Å². The van der Waals surface area contributed by atoms with Gasteiger partial charge in [-0.3, -0.25) is 9.10 Å². The summed E-state index contributed by atoms with van der Waals surface area (Å²) in [7, 11) is -3.25. The van der Waals surface area contributed by atoms with Crippen LogP contribution < -0.4 is 9.62 Å². The number of nitrogens with zero attached hydrogens (tertiary/aromatic N) is 1. The van der Waals surface area contributed by atoms with Gasteiger partial charge in [0, 0.05) is 12.1 Å². The maximum absolute atomic E-state index is 13.0. The molecule has 0 unspecified atom stereocenters. The van der Waals surface area contributed by atoms with Gasteiger partial charge in [-0.05, 0) is 48.9 Å². The summed E-state index contributed by atoms with van der Waals surface area (Å²) in [4.78, 5) is 12.2. The molecule has 1 fully saturated rings. The summed E-state index contributed by atoms with van der Waals surface area (Å²) in [6, 6.07) is 9.93. The molecular formula is C16H14ClFN2O3S. The van der Waals surface area contributed by atoms with Crippen molar-refractivity contribution in [2.75, 3.05) is 21.9 Å². The minimum absolute atomic E-state index is 0.100. The minimum atomic E-state index is -3.25. The number of rotatable bonds is 3. The number of hydrogen-bond donors (Lipinski definition) is 1. The number of carbonyl (C=O) groups is 1. The first-order chi connectivity index (χ1) is 11.4. The highest BCUT2D eigenvalue weighted by Gasteiger charge is 2.28. The Morgan fingerprint density at radius 3 is 2.46 bits per heavy atom. The van der Waals surface area contributed by atoms with Gasteiger partial charge < -0.3 is 5.32 Å². The minimum Gasteiger partial charge on any atom is -0.321 e. The molecule has 5 nitrogen and oxygen atoms in total. The lowest BCUT2D eigenvalue weighted by atomic mass is 10.2. The van der Waals surface area contributed by atoms with E-state index in [9.17, 15) is 17.6 Å². The first-order valence-corrected chi connectivity index (χ1v) is 9.22. The highest BCUT2D eigenvalue weighted by Crippen LogP contribution is 2.25. The normalized spacial score (nSPS) is 16.2. The Kier molecular flexibility index (Phi) is 4.47. The van der Waals surface area contributed by atoms with Crippen LogP contribution in [0.4, 0.5) is 15.8 Å². The standard InChI is InChI=1S/C16H14ClFN2O3S/c17-14-10-12(18)4-7-15(14)19-16(21)11-2-5-13(6-3-11)20-8-1-9-24(20,22)23/h2-7,10H,1,8-9H2,(H,19,21). The lowest BCUT2D eigenvalue weighted by Gasteiger charge is -2.17. The van der Waals surface area contributed by atoms with E-state index in [1.807, 2.05) is 0 Å². The molecule has 1 heterocycles. The average Bonchev–Trinajstić information content (AvgIpc) is 2.89. The molecule has 126 valence electrons. The molecule has 0 saturated carbocycles. The van der Waals surface area contributed by atoms with Crippen molar-refractivity contribution in [2.45, 2.75) is 6.42 Å². The highest BCUT2D eigenvalue weighted by atomic mass is 35.5. The van der Waals surface area contributed by atoms with Crippen molar-refractivity contribution in [3.63, 3.8) is 0 Å². The Hall–Kier alpha value is -2.12. The van der Waals surface area contributed by atoms with E-state index in [0.29, 0.717) is 29.9 Å². The van der Waals surface area contributed by atoms with Gasteiger partial charge in [0.2, 0.25) is 10.0 Å². The van der Waals surface area contributed by atoms with Crippen molar-refractivity contribution in [3.8, 4) is 0 Å². The lowest BCUT2D eigenvalue weighted by molar-refractivity contribution is 0.102. The molecule has 0 aliphatic carbocycles. The fraction of sp³-hybridized carbons (Fsp3) is 0.188. The van der Waals surface area contributed by atoms with Gasteiger partial charge in [0.1, 0.15) is 5.82 Å². The first-order valence-electron chi connectivity index (χ1n) is 7.24. The van der Waals surface area contributed by atoms with Crippen molar-refractivity contribution < 1.29 is 17.6 Å². The second-order valence-corrected chi connectivity index (χ2v) is 7.79. The zero-order valence-electron chi connectivity index (χ0n) is 12.5. The third-order valence-electron chi connectivity index (χ3n) is 3.70. The Labute approximate surface area is 144 Å². The maximum atomic E-state index is 13.0. The molecule has 0 bridgehead atoms. The number of benzene rings is 2. The van der Waals surface area contributed by atoms with Crippen molar-refractivity contribution in [1.82, 2.24) is 0 Å². The van der Waals surface area contributed by atoms with E-state index in [-0.39, 0.29) is 10.8 Å². The predicted octanol–water partition coefficient (Wildman–Crippen LogP) is 3.27. The van der Waals surface area contributed by atoms with Gasteiger partial charge in [-0.15, -0.1) is 0 Å². The SMILES string of the molecule is O=C(Nc1ccc(F)cc1Cl)c1ccc(N2CCCS2(=O)=O)cc1. The molecule has 3 rings (SSSR count). The first kappa shape index (κ1) is 16.7. The molecule has 1 aliphatic heterocycles. The van der Waals surface area contributed by atoms with E-state index in [0.717, 1.165) is 6.07 Å². The lowest BCUT2D eigenvalue weighted by Crippen LogP contribution is -2.25. The predicted molar refractivity (Wildman–Crippen MR) is 91.6 cm³/mol. The van der Waals surface area contributed by atoms with Gasteiger partial charge in [-0.2, -0.15) is 0 Å².